The number of methoxy groups -OCH3 is 1. The molecule has 0 aliphatic carbocycles. The van der Waals surface area contributed by atoms with Crippen LogP contribution in [0.2, 0.25) is 5.02 Å². The summed E-state index contributed by atoms with van der Waals surface area (Å²) in [5.74, 6) is 0.625. The molecular formula is C14H12ClNO5. The van der Waals surface area contributed by atoms with Gasteiger partial charge in [0.15, 0.2) is 11.5 Å². The van der Waals surface area contributed by atoms with Gasteiger partial charge < -0.3 is 14.6 Å². The first kappa shape index (κ1) is 15.1. The second kappa shape index (κ2) is 6.43. The molecule has 6 nitrogen and oxygen atoms in total. The number of halogens is 1. The number of nitro benzene ring substituents is 1. The highest BCUT2D eigenvalue weighted by Gasteiger charge is 2.17. The minimum absolute atomic E-state index is 0.133. The van der Waals surface area contributed by atoms with E-state index < -0.39 is 4.92 Å². The Morgan fingerprint density at radius 2 is 2.10 bits per heavy atom. The van der Waals surface area contributed by atoms with Crippen LogP contribution in [-0.4, -0.2) is 17.1 Å². The molecule has 2 aromatic carbocycles. The van der Waals surface area contributed by atoms with E-state index in [1.165, 1.54) is 25.3 Å². The molecule has 0 aliphatic heterocycles. The van der Waals surface area contributed by atoms with Crippen molar-refractivity contribution < 1.29 is 19.5 Å². The largest absolute Gasteiger partial charge is 0.490 e. The van der Waals surface area contributed by atoms with Gasteiger partial charge in [0.25, 0.3) is 0 Å². The summed E-state index contributed by atoms with van der Waals surface area (Å²) in [6, 6.07) is 9.13. The molecule has 2 aromatic rings. The minimum Gasteiger partial charge on any atom is -0.490 e. The number of aliphatic hydroxyl groups is 1. The summed E-state index contributed by atoms with van der Waals surface area (Å²) in [7, 11) is 1.35. The molecule has 0 bridgehead atoms. The highest BCUT2D eigenvalue weighted by Crippen LogP contribution is 2.36. The molecule has 0 saturated heterocycles. The first-order valence-electron chi connectivity index (χ1n) is 5.95. The second-order valence-corrected chi connectivity index (χ2v) is 4.49. The molecule has 7 heteroatoms. The van der Waals surface area contributed by atoms with Crippen molar-refractivity contribution in [3.05, 3.63) is 57.1 Å². The molecular weight excluding hydrogens is 298 g/mol. The van der Waals surface area contributed by atoms with Crippen molar-refractivity contribution >= 4 is 17.3 Å². The van der Waals surface area contributed by atoms with E-state index in [9.17, 15) is 15.2 Å². The van der Waals surface area contributed by atoms with E-state index >= 15 is 0 Å². The third-order valence-electron chi connectivity index (χ3n) is 2.79. The van der Waals surface area contributed by atoms with Crippen LogP contribution in [0.1, 0.15) is 5.56 Å². The SMILES string of the molecule is COc1ccc(Oc2c(Cl)cccc2CO)cc1[N+](=O)[O-]. The molecule has 0 spiro atoms. The lowest BCUT2D eigenvalue weighted by Crippen LogP contribution is -1.96. The Bertz CT molecular complexity index is 674. The van der Waals surface area contributed by atoms with Crippen LogP contribution in [0.4, 0.5) is 5.69 Å². The number of hydrogen-bond donors (Lipinski definition) is 1. The first-order valence-corrected chi connectivity index (χ1v) is 6.33. The third-order valence-corrected chi connectivity index (χ3v) is 3.08. The zero-order valence-corrected chi connectivity index (χ0v) is 11.8. The standard InChI is InChI=1S/C14H12ClNO5/c1-20-13-6-5-10(7-12(13)16(18)19)21-14-9(8-17)3-2-4-11(14)15/h2-7,17H,8H2,1H3. The molecule has 2 rings (SSSR count). The number of hydrogen-bond acceptors (Lipinski definition) is 5. The van der Waals surface area contributed by atoms with Gasteiger partial charge in [-0.2, -0.15) is 0 Å². The lowest BCUT2D eigenvalue weighted by molar-refractivity contribution is -0.385. The Labute approximate surface area is 125 Å². The minimum atomic E-state index is -0.564. The van der Waals surface area contributed by atoms with Gasteiger partial charge in [-0.15, -0.1) is 0 Å². The predicted molar refractivity (Wildman–Crippen MR) is 77.1 cm³/mol. The van der Waals surface area contributed by atoms with Gasteiger partial charge in [0.1, 0.15) is 5.75 Å². The van der Waals surface area contributed by atoms with Crippen LogP contribution in [0, 0.1) is 10.1 Å². The number of nitrogens with zero attached hydrogens (tertiary/aromatic N) is 1. The molecule has 0 fully saturated rings. The fourth-order valence-corrected chi connectivity index (χ4v) is 2.02. The molecule has 0 amide bonds. The smallest absolute Gasteiger partial charge is 0.314 e. The second-order valence-electron chi connectivity index (χ2n) is 4.08. The van der Waals surface area contributed by atoms with Gasteiger partial charge in [0, 0.05) is 5.56 Å². The van der Waals surface area contributed by atoms with Crippen LogP contribution >= 0.6 is 11.6 Å². The highest BCUT2D eigenvalue weighted by molar-refractivity contribution is 6.32. The van der Waals surface area contributed by atoms with E-state index in [-0.39, 0.29) is 29.5 Å². The van der Waals surface area contributed by atoms with Gasteiger partial charge in [-0.1, -0.05) is 23.7 Å². The van der Waals surface area contributed by atoms with Crippen molar-refractivity contribution in [3.8, 4) is 17.2 Å². The van der Waals surface area contributed by atoms with E-state index in [2.05, 4.69) is 0 Å². The van der Waals surface area contributed by atoms with Crippen molar-refractivity contribution in [2.24, 2.45) is 0 Å². The topological polar surface area (TPSA) is 81.8 Å². The zero-order chi connectivity index (χ0) is 15.4. The van der Waals surface area contributed by atoms with Gasteiger partial charge in [-0.3, -0.25) is 10.1 Å². The monoisotopic (exact) mass is 309 g/mol. The number of ether oxygens (including phenoxy) is 2. The van der Waals surface area contributed by atoms with Crippen molar-refractivity contribution in [3.63, 3.8) is 0 Å². The van der Waals surface area contributed by atoms with Gasteiger partial charge in [0.2, 0.25) is 0 Å². The fraction of sp³-hybridized carbons (Fsp3) is 0.143. The molecule has 0 saturated carbocycles. The third kappa shape index (κ3) is 3.24. The maximum Gasteiger partial charge on any atom is 0.314 e. The summed E-state index contributed by atoms with van der Waals surface area (Å²) < 4.78 is 10.5. The van der Waals surface area contributed by atoms with Crippen LogP contribution in [0.3, 0.4) is 0 Å². The van der Waals surface area contributed by atoms with Gasteiger partial charge in [-0.25, -0.2) is 0 Å². The Kier molecular flexibility index (Phi) is 4.62. The Morgan fingerprint density at radius 1 is 1.33 bits per heavy atom. The van der Waals surface area contributed by atoms with Gasteiger partial charge in [0.05, 0.1) is 29.7 Å². The van der Waals surface area contributed by atoms with E-state index in [1.807, 2.05) is 0 Å². The quantitative estimate of drug-likeness (QED) is 0.674. The van der Waals surface area contributed by atoms with Crippen LogP contribution < -0.4 is 9.47 Å². The van der Waals surface area contributed by atoms with E-state index in [1.54, 1.807) is 18.2 Å². The summed E-state index contributed by atoms with van der Waals surface area (Å²) in [6.07, 6.45) is 0. The van der Waals surface area contributed by atoms with Crippen molar-refractivity contribution in [2.75, 3.05) is 7.11 Å². The molecule has 21 heavy (non-hydrogen) atoms. The Balaban J connectivity index is 2.41. The number of nitro groups is 1. The molecule has 1 N–H and O–H groups in total. The first-order chi connectivity index (χ1) is 10.1. The summed E-state index contributed by atoms with van der Waals surface area (Å²) in [4.78, 5) is 10.4. The molecule has 0 aliphatic rings. The number of rotatable bonds is 5. The maximum atomic E-state index is 11.0. The molecule has 0 aromatic heterocycles. The Morgan fingerprint density at radius 3 is 2.71 bits per heavy atom. The molecule has 0 unspecified atom stereocenters. The van der Waals surface area contributed by atoms with E-state index in [4.69, 9.17) is 21.1 Å². The number of benzene rings is 2. The van der Waals surface area contributed by atoms with Crippen molar-refractivity contribution in [1.29, 1.82) is 0 Å². The fourth-order valence-electron chi connectivity index (χ4n) is 1.79. The normalized spacial score (nSPS) is 10.2. The average Bonchev–Trinajstić information content (AvgIpc) is 2.49. The average molecular weight is 310 g/mol. The summed E-state index contributed by atoms with van der Waals surface area (Å²) in [5, 5.41) is 20.6. The van der Waals surface area contributed by atoms with Gasteiger partial charge in [-0.05, 0) is 18.2 Å². The summed E-state index contributed by atoms with van der Waals surface area (Å²) in [6.45, 7) is -0.256. The number of para-hydroxylation sites is 1. The molecule has 0 atom stereocenters. The van der Waals surface area contributed by atoms with Crippen LogP contribution in [0.25, 0.3) is 0 Å². The maximum absolute atomic E-state index is 11.0. The summed E-state index contributed by atoms with van der Waals surface area (Å²) in [5.41, 5.74) is 0.272. The van der Waals surface area contributed by atoms with Crippen LogP contribution in [0.5, 0.6) is 17.2 Å². The van der Waals surface area contributed by atoms with Crippen molar-refractivity contribution in [2.45, 2.75) is 6.61 Å². The van der Waals surface area contributed by atoms with Crippen LogP contribution in [0.15, 0.2) is 36.4 Å². The highest BCUT2D eigenvalue weighted by atomic mass is 35.5. The zero-order valence-electron chi connectivity index (χ0n) is 11.1. The van der Waals surface area contributed by atoms with E-state index in [0.717, 1.165) is 0 Å². The number of aliphatic hydroxyl groups excluding tert-OH is 1. The molecule has 110 valence electrons. The lowest BCUT2D eigenvalue weighted by atomic mass is 10.2. The molecule has 0 radical (unpaired) electrons. The van der Waals surface area contributed by atoms with E-state index in [0.29, 0.717) is 10.6 Å². The summed E-state index contributed by atoms with van der Waals surface area (Å²) >= 11 is 6.02. The van der Waals surface area contributed by atoms with Crippen molar-refractivity contribution in [1.82, 2.24) is 0 Å². The van der Waals surface area contributed by atoms with Gasteiger partial charge >= 0.3 is 5.69 Å². The predicted octanol–water partition coefficient (Wildman–Crippen LogP) is 3.54. The Hall–Kier alpha value is -2.31. The molecule has 0 heterocycles. The lowest BCUT2D eigenvalue weighted by Gasteiger charge is -2.12. The van der Waals surface area contributed by atoms with Crippen LogP contribution in [-0.2, 0) is 6.61 Å².